The molecule has 0 fully saturated rings. The minimum absolute atomic E-state index is 0.535. The molecule has 5 nitrogen and oxygen atoms in total. The minimum Gasteiger partial charge on any atom is -0.397 e. The van der Waals surface area contributed by atoms with Crippen LogP contribution in [0.25, 0.3) is 11.0 Å². The second kappa shape index (κ2) is 4.61. The summed E-state index contributed by atoms with van der Waals surface area (Å²) in [5.74, 6) is 0. The van der Waals surface area contributed by atoms with E-state index in [4.69, 9.17) is 10.4 Å². The third-order valence-corrected chi connectivity index (χ3v) is 3.40. The highest BCUT2D eigenvalue weighted by molar-refractivity contribution is 7.99. The van der Waals surface area contributed by atoms with E-state index in [0.717, 1.165) is 12.2 Å². The Hall–Kier alpha value is -1.43. The summed E-state index contributed by atoms with van der Waals surface area (Å²) in [6, 6.07) is 3.70. The average molecular weight is 238 g/mol. The van der Waals surface area contributed by atoms with Crippen molar-refractivity contribution in [2.45, 2.75) is 12.2 Å². The topological polar surface area (TPSA) is 77.0 Å². The molecule has 6 heteroatoms. The van der Waals surface area contributed by atoms with Gasteiger partial charge in [-0.05, 0) is 28.7 Å². The van der Waals surface area contributed by atoms with E-state index in [1.165, 1.54) is 0 Å². The zero-order valence-corrected chi connectivity index (χ0v) is 10.0. The summed E-state index contributed by atoms with van der Waals surface area (Å²) in [4.78, 5) is 0. The van der Waals surface area contributed by atoms with E-state index >= 15 is 0 Å². The van der Waals surface area contributed by atoms with Gasteiger partial charge in [0.05, 0.1) is 11.4 Å². The number of anilines is 2. The van der Waals surface area contributed by atoms with Crippen molar-refractivity contribution in [2.24, 2.45) is 0 Å². The van der Waals surface area contributed by atoms with E-state index < -0.39 is 0 Å². The number of benzene rings is 1. The van der Waals surface area contributed by atoms with Crippen molar-refractivity contribution < 1.29 is 4.63 Å². The maximum atomic E-state index is 5.76. The average Bonchev–Trinajstić information content (AvgIpc) is 2.77. The van der Waals surface area contributed by atoms with Crippen molar-refractivity contribution in [3.63, 3.8) is 0 Å². The van der Waals surface area contributed by atoms with Crippen molar-refractivity contribution in [3.05, 3.63) is 12.1 Å². The van der Waals surface area contributed by atoms with Gasteiger partial charge in [-0.2, -0.15) is 11.8 Å². The molecular formula is C10H14N4OS. The van der Waals surface area contributed by atoms with Gasteiger partial charge in [0.2, 0.25) is 0 Å². The van der Waals surface area contributed by atoms with Gasteiger partial charge in [0, 0.05) is 11.8 Å². The smallest absolute Gasteiger partial charge is 0.160 e. The third-order valence-electron chi connectivity index (χ3n) is 2.43. The molecule has 0 saturated heterocycles. The van der Waals surface area contributed by atoms with Crippen LogP contribution >= 0.6 is 11.8 Å². The molecule has 1 aromatic heterocycles. The number of nitrogens with zero attached hydrogens (tertiary/aromatic N) is 2. The quantitative estimate of drug-likeness (QED) is 0.793. The van der Waals surface area contributed by atoms with Gasteiger partial charge in [-0.15, -0.1) is 0 Å². The van der Waals surface area contributed by atoms with E-state index in [1.54, 1.807) is 6.07 Å². The summed E-state index contributed by atoms with van der Waals surface area (Å²) >= 11 is 1.81. The fourth-order valence-corrected chi connectivity index (χ4v) is 1.62. The molecule has 1 aromatic carbocycles. The summed E-state index contributed by atoms with van der Waals surface area (Å²) in [7, 11) is 0. The third kappa shape index (κ3) is 2.06. The first-order valence-corrected chi connectivity index (χ1v) is 6.28. The lowest BCUT2D eigenvalue weighted by molar-refractivity contribution is 0.316. The Morgan fingerprint density at radius 3 is 2.94 bits per heavy atom. The van der Waals surface area contributed by atoms with Crippen LogP contribution in [0.1, 0.15) is 6.92 Å². The molecule has 2 aromatic rings. The molecule has 2 rings (SSSR count). The van der Waals surface area contributed by atoms with E-state index in [-0.39, 0.29) is 0 Å². The van der Waals surface area contributed by atoms with Crippen LogP contribution in [0.15, 0.2) is 16.8 Å². The van der Waals surface area contributed by atoms with Crippen molar-refractivity contribution in [3.8, 4) is 0 Å². The molecule has 3 N–H and O–H groups in total. The molecular weight excluding hydrogens is 224 g/mol. The van der Waals surface area contributed by atoms with Crippen LogP contribution in [-0.2, 0) is 0 Å². The SMILES string of the molecule is CSC(C)CNc1ccc(N)c2nonc12. The molecule has 0 bridgehead atoms. The van der Waals surface area contributed by atoms with Crippen LogP contribution < -0.4 is 11.1 Å². The Balaban J connectivity index is 2.24. The first kappa shape index (κ1) is 11.1. The molecule has 1 unspecified atom stereocenters. The Labute approximate surface area is 97.7 Å². The van der Waals surface area contributed by atoms with Crippen LogP contribution in [0, 0.1) is 0 Å². The zero-order chi connectivity index (χ0) is 11.5. The first-order chi connectivity index (χ1) is 7.72. The molecule has 86 valence electrons. The summed E-state index contributed by atoms with van der Waals surface area (Å²) < 4.78 is 4.69. The molecule has 0 aliphatic rings. The number of thioether (sulfide) groups is 1. The van der Waals surface area contributed by atoms with E-state index in [9.17, 15) is 0 Å². The number of hydrogen-bond acceptors (Lipinski definition) is 6. The maximum Gasteiger partial charge on any atom is 0.160 e. The largest absolute Gasteiger partial charge is 0.397 e. The van der Waals surface area contributed by atoms with Gasteiger partial charge in [0.15, 0.2) is 11.0 Å². The van der Waals surface area contributed by atoms with Gasteiger partial charge in [-0.25, -0.2) is 4.63 Å². The Morgan fingerprint density at radius 1 is 1.44 bits per heavy atom. The van der Waals surface area contributed by atoms with Gasteiger partial charge in [-0.3, -0.25) is 0 Å². The second-order valence-corrected chi connectivity index (χ2v) is 4.87. The highest BCUT2D eigenvalue weighted by Gasteiger charge is 2.10. The lowest BCUT2D eigenvalue weighted by atomic mass is 10.2. The second-order valence-electron chi connectivity index (χ2n) is 3.59. The van der Waals surface area contributed by atoms with Crippen LogP contribution in [0.2, 0.25) is 0 Å². The lowest BCUT2D eigenvalue weighted by Gasteiger charge is -2.11. The molecule has 0 aliphatic heterocycles. The summed E-state index contributed by atoms with van der Waals surface area (Å²) in [6.07, 6.45) is 2.09. The molecule has 1 atom stereocenters. The number of nitrogen functional groups attached to an aromatic ring is 1. The Morgan fingerprint density at radius 2 is 2.19 bits per heavy atom. The maximum absolute atomic E-state index is 5.76. The van der Waals surface area contributed by atoms with E-state index in [0.29, 0.717) is 22.0 Å². The number of nitrogens with two attached hydrogens (primary N) is 1. The molecule has 0 spiro atoms. The standard InChI is InChI=1S/C10H14N4OS/c1-6(16-2)5-12-8-4-3-7(11)9-10(8)14-15-13-9/h3-4,6,12H,5,11H2,1-2H3. The molecule has 0 saturated carbocycles. The first-order valence-electron chi connectivity index (χ1n) is 4.99. The van der Waals surface area contributed by atoms with Crippen molar-refractivity contribution in [1.82, 2.24) is 10.3 Å². The van der Waals surface area contributed by atoms with Crippen LogP contribution in [0.4, 0.5) is 11.4 Å². The summed E-state index contributed by atoms with van der Waals surface area (Å²) in [5.41, 5.74) is 8.55. The highest BCUT2D eigenvalue weighted by Crippen LogP contribution is 2.25. The summed E-state index contributed by atoms with van der Waals surface area (Å²) in [6.45, 7) is 3.03. The lowest BCUT2D eigenvalue weighted by Crippen LogP contribution is -2.12. The minimum atomic E-state index is 0.535. The van der Waals surface area contributed by atoms with Gasteiger partial charge < -0.3 is 11.1 Å². The predicted octanol–water partition coefficient (Wildman–Crippen LogP) is 1.97. The fraction of sp³-hybridized carbons (Fsp3) is 0.400. The molecule has 0 aliphatic carbocycles. The van der Waals surface area contributed by atoms with Crippen LogP contribution in [-0.4, -0.2) is 28.4 Å². The van der Waals surface area contributed by atoms with E-state index in [1.807, 2.05) is 17.8 Å². The van der Waals surface area contributed by atoms with Gasteiger partial charge >= 0.3 is 0 Å². The Bertz CT molecular complexity index is 485. The van der Waals surface area contributed by atoms with Crippen molar-refractivity contribution >= 4 is 34.2 Å². The molecule has 0 amide bonds. The number of hydrogen-bond donors (Lipinski definition) is 2. The fourth-order valence-electron chi connectivity index (χ4n) is 1.37. The molecule has 16 heavy (non-hydrogen) atoms. The highest BCUT2D eigenvalue weighted by atomic mass is 32.2. The summed E-state index contributed by atoms with van der Waals surface area (Å²) in [5, 5.41) is 11.5. The Kier molecular flexibility index (Phi) is 3.19. The van der Waals surface area contributed by atoms with Crippen LogP contribution in [0.5, 0.6) is 0 Å². The van der Waals surface area contributed by atoms with E-state index in [2.05, 4.69) is 28.8 Å². The number of rotatable bonds is 4. The monoisotopic (exact) mass is 238 g/mol. The number of fused-ring (bicyclic) bond motifs is 1. The van der Waals surface area contributed by atoms with Gasteiger partial charge in [-0.1, -0.05) is 6.92 Å². The van der Waals surface area contributed by atoms with Gasteiger partial charge in [0.1, 0.15) is 0 Å². The zero-order valence-electron chi connectivity index (χ0n) is 9.23. The number of nitrogens with one attached hydrogen (secondary N) is 1. The molecule has 0 radical (unpaired) electrons. The number of aromatic nitrogens is 2. The van der Waals surface area contributed by atoms with Gasteiger partial charge in [0.25, 0.3) is 0 Å². The van der Waals surface area contributed by atoms with Crippen molar-refractivity contribution in [2.75, 3.05) is 23.9 Å². The predicted molar refractivity (Wildman–Crippen MR) is 67.7 cm³/mol. The van der Waals surface area contributed by atoms with Crippen LogP contribution in [0.3, 0.4) is 0 Å². The van der Waals surface area contributed by atoms with Crippen molar-refractivity contribution in [1.29, 1.82) is 0 Å². The molecule has 1 heterocycles. The normalized spacial score (nSPS) is 12.9.